The highest BCUT2D eigenvalue weighted by atomic mass is 14.7. The molecular weight excluding hydrogens is 194 g/mol. The molecule has 1 heteroatoms. The van der Waals surface area contributed by atoms with E-state index in [4.69, 9.17) is 0 Å². The van der Waals surface area contributed by atoms with Crippen LogP contribution in [0.15, 0.2) is 30.5 Å². The Labute approximate surface area is 96.2 Å². The smallest absolute Gasteiger partial charge is 0.0375 e. The first-order valence-corrected chi connectivity index (χ1v) is 5.75. The molecule has 0 unspecified atom stereocenters. The zero-order valence-electron chi connectivity index (χ0n) is 9.75. The number of nitrogens with zero attached hydrogens (tertiary/aromatic N) is 1. The molecule has 1 aliphatic rings. The van der Waals surface area contributed by atoms with Gasteiger partial charge in [0.05, 0.1) is 0 Å². The van der Waals surface area contributed by atoms with E-state index in [1.165, 1.54) is 27.8 Å². The monoisotopic (exact) mass is 209 g/mol. The standard InChI is InChI=1S/C15H15N/c1-10-3-4-12-7-14-6-11(2)16-9-15(14)8-13(12)5-10/h3-6,9H,7-8H2,1-2H3. The number of rotatable bonds is 0. The van der Waals surface area contributed by atoms with Crippen LogP contribution in [0.1, 0.15) is 33.5 Å². The highest BCUT2D eigenvalue weighted by Crippen LogP contribution is 2.27. The molecule has 16 heavy (non-hydrogen) atoms. The topological polar surface area (TPSA) is 12.9 Å². The SMILES string of the molecule is Cc1ccc2c(c1)Cc1cnc(C)cc1C2. The Bertz CT molecular complexity index is 504. The first kappa shape index (κ1) is 9.59. The lowest BCUT2D eigenvalue weighted by Gasteiger charge is -2.20. The molecule has 0 amide bonds. The molecule has 0 fully saturated rings. The Morgan fingerprint density at radius 3 is 2.50 bits per heavy atom. The second kappa shape index (κ2) is 3.44. The molecule has 1 aromatic carbocycles. The molecule has 0 saturated heterocycles. The molecule has 1 aliphatic carbocycles. The Balaban J connectivity index is 2.09. The first-order valence-electron chi connectivity index (χ1n) is 5.75. The molecule has 1 heterocycles. The summed E-state index contributed by atoms with van der Waals surface area (Å²) in [6.07, 6.45) is 4.14. The van der Waals surface area contributed by atoms with Gasteiger partial charge in [0.2, 0.25) is 0 Å². The Kier molecular flexibility index (Phi) is 2.06. The predicted octanol–water partition coefficient (Wildman–Crippen LogP) is 3.19. The van der Waals surface area contributed by atoms with E-state index in [-0.39, 0.29) is 0 Å². The minimum atomic E-state index is 1.04. The van der Waals surface area contributed by atoms with Crippen LogP contribution in [0.3, 0.4) is 0 Å². The molecule has 0 spiro atoms. The van der Waals surface area contributed by atoms with Crippen molar-refractivity contribution in [3.8, 4) is 0 Å². The summed E-state index contributed by atoms with van der Waals surface area (Å²) in [6, 6.07) is 9.00. The molecule has 0 atom stereocenters. The van der Waals surface area contributed by atoms with Gasteiger partial charge in [-0.25, -0.2) is 0 Å². The van der Waals surface area contributed by atoms with Crippen molar-refractivity contribution in [1.82, 2.24) is 4.98 Å². The molecule has 0 saturated carbocycles. The number of fused-ring (bicyclic) bond motifs is 2. The molecular formula is C15H15N. The zero-order chi connectivity index (χ0) is 11.1. The van der Waals surface area contributed by atoms with Crippen LogP contribution in [-0.4, -0.2) is 4.98 Å². The average molecular weight is 209 g/mol. The number of aromatic nitrogens is 1. The van der Waals surface area contributed by atoms with E-state index >= 15 is 0 Å². The quantitative estimate of drug-likeness (QED) is 0.554. The maximum absolute atomic E-state index is 4.39. The summed E-state index contributed by atoms with van der Waals surface area (Å²) < 4.78 is 0. The van der Waals surface area contributed by atoms with Crippen molar-refractivity contribution in [2.75, 3.05) is 0 Å². The minimum Gasteiger partial charge on any atom is -0.261 e. The van der Waals surface area contributed by atoms with Crippen LogP contribution in [0.4, 0.5) is 0 Å². The molecule has 0 N–H and O–H groups in total. The van der Waals surface area contributed by atoms with Crippen molar-refractivity contribution >= 4 is 0 Å². The molecule has 0 bridgehead atoms. The van der Waals surface area contributed by atoms with Crippen LogP contribution in [0.5, 0.6) is 0 Å². The van der Waals surface area contributed by atoms with Gasteiger partial charge >= 0.3 is 0 Å². The van der Waals surface area contributed by atoms with Gasteiger partial charge in [0.25, 0.3) is 0 Å². The number of benzene rings is 1. The van der Waals surface area contributed by atoms with Gasteiger partial charge in [-0.1, -0.05) is 23.8 Å². The molecule has 0 radical (unpaired) electrons. The largest absolute Gasteiger partial charge is 0.261 e. The number of pyridine rings is 1. The summed E-state index contributed by atoms with van der Waals surface area (Å²) in [7, 11) is 0. The van der Waals surface area contributed by atoms with Crippen LogP contribution in [-0.2, 0) is 12.8 Å². The molecule has 1 aromatic heterocycles. The van der Waals surface area contributed by atoms with Crippen molar-refractivity contribution in [2.24, 2.45) is 0 Å². The zero-order valence-corrected chi connectivity index (χ0v) is 9.75. The molecule has 2 aromatic rings. The summed E-state index contributed by atoms with van der Waals surface area (Å²) >= 11 is 0. The predicted molar refractivity (Wildman–Crippen MR) is 65.8 cm³/mol. The van der Waals surface area contributed by atoms with Crippen molar-refractivity contribution in [1.29, 1.82) is 0 Å². The van der Waals surface area contributed by atoms with Gasteiger partial charge in [0, 0.05) is 11.9 Å². The lowest BCUT2D eigenvalue weighted by Crippen LogP contribution is -2.08. The fourth-order valence-electron chi connectivity index (χ4n) is 2.47. The van der Waals surface area contributed by atoms with E-state index in [9.17, 15) is 0 Å². The lowest BCUT2D eigenvalue weighted by molar-refractivity contribution is 0.966. The second-order valence-electron chi connectivity index (χ2n) is 4.72. The van der Waals surface area contributed by atoms with E-state index in [1.807, 2.05) is 6.20 Å². The Hall–Kier alpha value is -1.63. The van der Waals surface area contributed by atoms with Crippen LogP contribution in [0, 0.1) is 13.8 Å². The van der Waals surface area contributed by atoms with Gasteiger partial charge in [0.1, 0.15) is 0 Å². The van der Waals surface area contributed by atoms with Gasteiger partial charge in [-0.2, -0.15) is 0 Å². The van der Waals surface area contributed by atoms with Crippen LogP contribution in [0.25, 0.3) is 0 Å². The summed E-state index contributed by atoms with van der Waals surface area (Å²) in [5.41, 5.74) is 8.26. The highest BCUT2D eigenvalue weighted by Gasteiger charge is 2.15. The summed E-state index contributed by atoms with van der Waals surface area (Å²) in [6.45, 7) is 4.22. The normalized spacial score (nSPS) is 13.1. The van der Waals surface area contributed by atoms with E-state index in [2.05, 4.69) is 43.1 Å². The van der Waals surface area contributed by atoms with E-state index in [0.717, 1.165) is 18.5 Å². The average Bonchev–Trinajstić information content (AvgIpc) is 2.26. The Morgan fingerprint density at radius 1 is 0.875 bits per heavy atom. The first-order chi connectivity index (χ1) is 7.72. The van der Waals surface area contributed by atoms with Crippen molar-refractivity contribution in [2.45, 2.75) is 26.7 Å². The number of aryl methyl sites for hydroxylation is 2. The van der Waals surface area contributed by atoms with Crippen LogP contribution in [0.2, 0.25) is 0 Å². The Morgan fingerprint density at radius 2 is 1.62 bits per heavy atom. The van der Waals surface area contributed by atoms with Crippen LogP contribution >= 0.6 is 0 Å². The molecule has 1 nitrogen and oxygen atoms in total. The summed E-state index contributed by atoms with van der Waals surface area (Å²) in [4.78, 5) is 4.39. The second-order valence-corrected chi connectivity index (χ2v) is 4.72. The highest BCUT2D eigenvalue weighted by molar-refractivity contribution is 5.45. The van der Waals surface area contributed by atoms with Gasteiger partial charge in [-0.05, 0) is 55.0 Å². The van der Waals surface area contributed by atoms with Crippen molar-refractivity contribution in [3.63, 3.8) is 0 Å². The van der Waals surface area contributed by atoms with Crippen molar-refractivity contribution < 1.29 is 0 Å². The maximum atomic E-state index is 4.39. The maximum Gasteiger partial charge on any atom is 0.0375 e. The van der Waals surface area contributed by atoms with Crippen molar-refractivity contribution in [3.05, 3.63) is 64.0 Å². The third kappa shape index (κ3) is 1.53. The summed E-state index contributed by atoms with van der Waals surface area (Å²) in [5.74, 6) is 0. The fourth-order valence-corrected chi connectivity index (χ4v) is 2.47. The summed E-state index contributed by atoms with van der Waals surface area (Å²) in [5, 5.41) is 0. The van der Waals surface area contributed by atoms with E-state index < -0.39 is 0 Å². The lowest BCUT2D eigenvalue weighted by atomic mass is 9.86. The van der Waals surface area contributed by atoms with E-state index in [1.54, 1.807) is 0 Å². The third-order valence-corrected chi connectivity index (χ3v) is 3.34. The molecule has 3 rings (SSSR count). The number of hydrogen-bond acceptors (Lipinski definition) is 1. The fraction of sp³-hybridized carbons (Fsp3) is 0.267. The van der Waals surface area contributed by atoms with Gasteiger partial charge in [-0.15, -0.1) is 0 Å². The van der Waals surface area contributed by atoms with Gasteiger partial charge in [-0.3, -0.25) is 4.98 Å². The van der Waals surface area contributed by atoms with Crippen LogP contribution < -0.4 is 0 Å². The third-order valence-electron chi connectivity index (χ3n) is 3.34. The van der Waals surface area contributed by atoms with E-state index in [0.29, 0.717) is 0 Å². The minimum absolute atomic E-state index is 1.04. The number of hydrogen-bond donors (Lipinski definition) is 0. The molecule has 80 valence electrons. The van der Waals surface area contributed by atoms with Gasteiger partial charge in [0.15, 0.2) is 0 Å². The molecule has 0 aliphatic heterocycles. The van der Waals surface area contributed by atoms with Gasteiger partial charge < -0.3 is 0 Å².